The molecule has 3 aliphatic rings. The Labute approximate surface area is 161 Å². The van der Waals surface area contributed by atoms with Crippen molar-refractivity contribution < 1.29 is 18.8 Å². The molecule has 0 aliphatic carbocycles. The van der Waals surface area contributed by atoms with Gasteiger partial charge in [-0.3, -0.25) is 4.79 Å². The summed E-state index contributed by atoms with van der Waals surface area (Å²) in [5.74, 6) is 0.760. The second-order valence-corrected chi connectivity index (χ2v) is 9.41. The Bertz CT molecular complexity index is 813. The highest BCUT2D eigenvalue weighted by Gasteiger charge is 2.35. The fourth-order valence-corrected chi connectivity index (χ4v) is 4.95. The van der Waals surface area contributed by atoms with Gasteiger partial charge in [-0.25, -0.2) is 8.51 Å². The summed E-state index contributed by atoms with van der Waals surface area (Å²) >= 11 is 0. The summed E-state index contributed by atoms with van der Waals surface area (Å²) in [5, 5.41) is 13.1. The molecular formula is C19H25N3O4S. The van der Waals surface area contributed by atoms with Crippen LogP contribution in [-0.4, -0.2) is 69.4 Å². The van der Waals surface area contributed by atoms with E-state index in [1.807, 2.05) is 22.5 Å². The monoisotopic (exact) mass is 391 g/mol. The number of ether oxygens (including phenoxy) is 1. The SMILES string of the molecule is CC(C)(O)CC(=O)N1CC2=C(C1)CN(S(=O)c1ccc3c(c1)NCCO3)C2. The van der Waals surface area contributed by atoms with Crippen LogP contribution in [0.15, 0.2) is 34.2 Å². The van der Waals surface area contributed by atoms with Gasteiger partial charge in [0.25, 0.3) is 0 Å². The van der Waals surface area contributed by atoms with E-state index in [0.29, 0.717) is 32.8 Å². The third kappa shape index (κ3) is 3.88. The molecule has 0 radical (unpaired) electrons. The van der Waals surface area contributed by atoms with Crippen molar-refractivity contribution in [3.63, 3.8) is 0 Å². The van der Waals surface area contributed by atoms with Crippen LogP contribution < -0.4 is 10.1 Å². The van der Waals surface area contributed by atoms with Gasteiger partial charge in [0, 0.05) is 32.7 Å². The first-order valence-electron chi connectivity index (χ1n) is 9.18. The van der Waals surface area contributed by atoms with Gasteiger partial charge in [0.05, 0.1) is 22.6 Å². The fourth-order valence-electron chi connectivity index (χ4n) is 3.70. The minimum atomic E-state index is -1.25. The van der Waals surface area contributed by atoms with E-state index in [1.54, 1.807) is 18.7 Å². The zero-order valence-corrected chi connectivity index (χ0v) is 16.5. The maximum absolute atomic E-state index is 13.0. The number of rotatable bonds is 4. The Hall–Kier alpha value is -1.90. The standard InChI is InChI=1S/C19H25N3O4S/c1-19(2,24)8-18(23)21-9-13-11-22(12-14(13)10-21)27(25)15-3-4-17-16(7-15)20-5-6-26-17/h3-4,7,20,24H,5-6,8-12H2,1-2H3. The van der Waals surface area contributed by atoms with E-state index < -0.39 is 16.6 Å². The molecule has 0 bridgehead atoms. The second kappa shape index (κ2) is 6.92. The Morgan fingerprint density at radius 2 is 1.96 bits per heavy atom. The quantitative estimate of drug-likeness (QED) is 0.752. The first kappa shape index (κ1) is 18.5. The third-order valence-corrected chi connectivity index (χ3v) is 6.38. The average Bonchev–Trinajstić information content (AvgIpc) is 3.18. The van der Waals surface area contributed by atoms with Gasteiger partial charge in [0.1, 0.15) is 23.3 Å². The smallest absolute Gasteiger partial charge is 0.226 e. The van der Waals surface area contributed by atoms with Gasteiger partial charge in [0.15, 0.2) is 0 Å². The topological polar surface area (TPSA) is 82.1 Å². The minimum Gasteiger partial charge on any atom is -0.490 e. The molecule has 7 nitrogen and oxygen atoms in total. The number of amides is 1. The maximum Gasteiger partial charge on any atom is 0.226 e. The highest BCUT2D eigenvalue weighted by Crippen LogP contribution is 2.32. The number of carbonyl (C=O) groups is 1. The number of benzene rings is 1. The summed E-state index contributed by atoms with van der Waals surface area (Å²) < 4.78 is 20.5. The third-order valence-electron chi connectivity index (χ3n) is 5.00. The highest BCUT2D eigenvalue weighted by molar-refractivity contribution is 7.82. The zero-order valence-electron chi connectivity index (χ0n) is 15.7. The molecule has 27 heavy (non-hydrogen) atoms. The number of nitrogens with zero attached hydrogens (tertiary/aromatic N) is 2. The van der Waals surface area contributed by atoms with Gasteiger partial charge in [-0.05, 0) is 43.2 Å². The van der Waals surface area contributed by atoms with Crippen molar-refractivity contribution in [3.05, 3.63) is 29.3 Å². The van der Waals surface area contributed by atoms with E-state index in [0.717, 1.165) is 22.9 Å². The molecule has 8 heteroatoms. The molecule has 4 rings (SSSR count). The fraction of sp³-hybridized carbons (Fsp3) is 0.526. The molecule has 0 spiro atoms. The normalized spacial score (nSPS) is 20.8. The Kier molecular flexibility index (Phi) is 4.73. The van der Waals surface area contributed by atoms with Crippen LogP contribution in [-0.2, 0) is 15.8 Å². The van der Waals surface area contributed by atoms with Gasteiger partial charge in [-0.1, -0.05) is 0 Å². The molecule has 1 aromatic carbocycles. The van der Waals surface area contributed by atoms with Crippen LogP contribution in [0.4, 0.5) is 5.69 Å². The van der Waals surface area contributed by atoms with E-state index >= 15 is 0 Å². The van der Waals surface area contributed by atoms with Crippen molar-refractivity contribution in [1.29, 1.82) is 0 Å². The number of fused-ring (bicyclic) bond motifs is 1. The summed E-state index contributed by atoms with van der Waals surface area (Å²) in [7, 11) is -1.25. The second-order valence-electron chi connectivity index (χ2n) is 7.93. The van der Waals surface area contributed by atoms with E-state index in [1.165, 1.54) is 11.1 Å². The maximum atomic E-state index is 13.0. The van der Waals surface area contributed by atoms with Crippen LogP contribution in [0.2, 0.25) is 0 Å². The predicted molar refractivity (Wildman–Crippen MR) is 103 cm³/mol. The van der Waals surface area contributed by atoms with Crippen molar-refractivity contribution in [2.24, 2.45) is 0 Å². The van der Waals surface area contributed by atoms with Crippen LogP contribution in [0.25, 0.3) is 0 Å². The average molecular weight is 391 g/mol. The molecule has 3 heterocycles. The van der Waals surface area contributed by atoms with Crippen molar-refractivity contribution in [2.45, 2.75) is 30.8 Å². The van der Waals surface area contributed by atoms with E-state index in [-0.39, 0.29) is 12.3 Å². The van der Waals surface area contributed by atoms with Crippen LogP contribution in [0.1, 0.15) is 20.3 Å². The molecular weight excluding hydrogens is 366 g/mol. The van der Waals surface area contributed by atoms with Gasteiger partial charge >= 0.3 is 0 Å². The number of nitrogens with one attached hydrogen (secondary N) is 1. The van der Waals surface area contributed by atoms with Crippen LogP contribution in [0.5, 0.6) is 5.75 Å². The van der Waals surface area contributed by atoms with E-state index in [4.69, 9.17) is 4.74 Å². The Morgan fingerprint density at radius 1 is 1.26 bits per heavy atom. The summed E-state index contributed by atoms with van der Waals surface area (Å²) in [6, 6.07) is 5.61. The first-order valence-corrected chi connectivity index (χ1v) is 10.3. The molecule has 1 aromatic rings. The number of hydrogen-bond donors (Lipinski definition) is 2. The number of anilines is 1. The summed E-state index contributed by atoms with van der Waals surface area (Å²) in [6.45, 7) is 7.02. The summed E-state index contributed by atoms with van der Waals surface area (Å²) in [6.07, 6.45) is 0.118. The first-order chi connectivity index (χ1) is 12.8. The lowest BCUT2D eigenvalue weighted by molar-refractivity contribution is -0.134. The number of carbonyl (C=O) groups excluding carboxylic acids is 1. The molecule has 0 saturated carbocycles. The molecule has 2 N–H and O–H groups in total. The lowest BCUT2D eigenvalue weighted by atomic mass is 10.1. The molecule has 0 saturated heterocycles. The minimum absolute atomic E-state index is 0.0367. The van der Waals surface area contributed by atoms with Crippen molar-refractivity contribution in [1.82, 2.24) is 9.21 Å². The molecule has 3 aliphatic heterocycles. The number of hydrogen-bond acceptors (Lipinski definition) is 5. The Balaban J connectivity index is 1.38. The van der Waals surface area contributed by atoms with Crippen molar-refractivity contribution in [3.8, 4) is 5.75 Å². The molecule has 0 aromatic heterocycles. The molecule has 146 valence electrons. The molecule has 1 amide bonds. The van der Waals surface area contributed by atoms with E-state index in [9.17, 15) is 14.1 Å². The largest absolute Gasteiger partial charge is 0.490 e. The van der Waals surface area contributed by atoms with E-state index in [2.05, 4.69) is 5.32 Å². The van der Waals surface area contributed by atoms with Gasteiger partial charge in [-0.2, -0.15) is 0 Å². The number of aliphatic hydroxyl groups is 1. The van der Waals surface area contributed by atoms with Gasteiger partial charge in [0.2, 0.25) is 5.91 Å². The molecule has 1 unspecified atom stereocenters. The highest BCUT2D eigenvalue weighted by atomic mass is 32.2. The van der Waals surface area contributed by atoms with Crippen molar-refractivity contribution >= 4 is 22.6 Å². The summed E-state index contributed by atoms with van der Waals surface area (Å²) in [5.41, 5.74) is 2.23. The van der Waals surface area contributed by atoms with Crippen LogP contribution >= 0.6 is 0 Å². The van der Waals surface area contributed by atoms with Gasteiger partial charge < -0.3 is 20.1 Å². The lowest BCUT2D eigenvalue weighted by Crippen LogP contribution is -2.38. The van der Waals surface area contributed by atoms with Crippen molar-refractivity contribution in [2.75, 3.05) is 44.6 Å². The molecule has 1 atom stereocenters. The van der Waals surface area contributed by atoms with Crippen LogP contribution in [0.3, 0.4) is 0 Å². The lowest BCUT2D eigenvalue weighted by Gasteiger charge is -2.25. The predicted octanol–water partition coefficient (Wildman–Crippen LogP) is 1.13. The summed E-state index contributed by atoms with van der Waals surface area (Å²) in [4.78, 5) is 14.8. The van der Waals surface area contributed by atoms with Gasteiger partial charge in [-0.15, -0.1) is 0 Å². The zero-order chi connectivity index (χ0) is 19.2. The Morgan fingerprint density at radius 3 is 2.63 bits per heavy atom. The van der Waals surface area contributed by atoms with Crippen LogP contribution in [0, 0.1) is 0 Å². The molecule has 0 fully saturated rings.